The van der Waals surface area contributed by atoms with Crippen LogP contribution in [0.2, 0.25) is 0 Å². The van der Waals surface area contributed by atoms with Gasteiger partial charge in [0, 0.05) is 25.5 Å². The minimum atomic E-state index is 0.214. The van der Waals surface area contributed by atoms with Crippen LogP contribution in [0, 0.1) is 0 Å². The zero-order valence-corrected chi connectivity index (χ0v) is 17.7. The van der Waals surface area contributed by atoms with E-state index in [1.807, 2.05) is 48.9 Å². The highest BCUT2D eigenvalue weighted by atomic mass is 16.5. The number of aryl methyl sites for hydroxylation is 2. The first-order chi connectivity index (χ1) is 15.8. The van der Waals surface area contributed by atoms with Crippen molar-refractivity contribution in [2.45, 2.75) is 25.6 Å². The number of rotatable bonds is 8. The van der Waals surface area contributed by atoms with E-state index in [0.717, 1.165) is 42.2 Å². The Morgan fingerprint density at radius 1 is 0.969 bits per heavy atom. The van der Waals surface area contributed by atoms with Gasteiger partial charge in [-0.1, -0.05) is 48.5 Å². The maximum Gasteiger partial charge on any atom is 0.123 e. The van der Waals surface area contributed by atoms with Gasteiger partial charge < -0.3 is 9.30 Å². The molecule has 7 nitrogen and oxygen atoms in total. The smallest absolute Gasteiger partial charge is 0.123 e. The van der Waals surface area contributed by atoms with E-state index in [1.165, 1.54) is 11.1 Å². The van der Waals surface area contributed by atoms with Crippen LogP contribution in [0.3, 0.4) is 0 Å². The van der Waals surface area contributed by atoms with Crippen molar-refractivity contribution in [1.29, 1.82) is 0 Å². The number of hydrogen-bond donors (Lipinski definition) is 3. The van der Waals surface area contributed by atoms with Crippen molar-refractivity contribution in [2.75, 3.05) is 6.54 Å². The van der Waals surface area contributed by atoms with Gasteiger partial charge in [-0.25, -0.2) is 15.8 Å². The first-order valence-electron chi connectivity index (χ1n) is 10.8. The molecule has 5 rings (SSSR count). The summed E-state index contributed by atoms with van der Waals surface area (Å²) >= 11 is 0. The van der Waals surface area contributed by atoms with Gasteiger partial charge in [-0.2, -0.15) is 5.53 Å². The molecule has 0 amide bonds. The molecule has 2 aromatic carbocycles. The quantitative estimate of drug-likeness (QED) is 0.401. The first-order valence-corrected chi connectivity index (χ1v) is 10.8. The van der Waals surface area contributed by atoms with E-state index in [1.54, 1.807) is 0 Å². The summed E-state index contributed by atoms with van der Waals surface area (Å²) < 4.78 is 8.20. The van der Waals surface area contributed by atoms with Gasteiger partial charge in [-0.15, -0.1) is 0 Å². The molecule has 3 heterocycles. The number of pyridine rings is 1. The van der Waals surface area contributed by atoms with Gasteiger partial charge in [0.2, 0.25) is 0 Å². The predicted octanol–water partition coefficient (Wildman–Crippen LogP) is 3.42. The van der Waals surface area contributed by atoms with Gasteiger partial charge in [0.1, 0.15) is 18.1 Å². The van der Waals surface area contributed by atoms with Crippen LogP contribution in [0.5, 0.6) is 5.75 Å². The van der Waals surface area contributed by atoms with E-state index in [4.69, 9.17) is 4.74 Å². The number of hydrazine groups is 2. The van der Waals surface area contributed by atoms with Gasteiger partial charge in [-0.05, 0) is 41.3 Å². The fraction of sp³-hybridized carbons (Fsp3) is 0.200. The van der Waals surface area contributed by atoms with Crippen molar-refractivity contribution in [3.8, 4) is 17.1 Å². The largest absolute Gasteiger partial charge is 0.489 e. The number of para-hydroxylation sites is 1. The molecular weight excluding hydrogens is 400 g/mol. The Bertz CT molecular complexity index is 1150. The second-order valence-electron chi connectivity index (χ2n) is 7.81. The fourth-order valence-corrected chi connectivity index (χ4v) is 3.80. The average molecular weight is 427 g/mol. The molecule has 1 unspecified atom stereocenters. The Morgan fingerprint density at radius 2 is 1.84 bits per heavy atom. The lowest BCUT2D eigenvalue weighted by atomic mass is 10.1. The molecule has 1 aliphatic rings. The topological polar surface area (TPSA) is 76.0 Å². The standard InChI is InChI=1S/C25H26N6O/c1-2-6-19(7-3-1)17-32-25-9-5-4-8-20(25)11-13-31-16-24(27-18-31)22-14-21(10-12-26-22)23-15-28-30-29-23/h1-10,12,14,16,18,23,28-30H,11,13,15,17H2. The number of aromatic nitrogens is 3. The van der Waals surface area contributed by atoms with Crippen molar-refractivity contribution in [3.05, 3.63) is 102 Å². The fourth-order valence-electron chi connectivity index (χ4n) is 3.80. The zero-order valence-electron chi connectivity index (χ0n) is 17.7. The molecule has 0 bridgehead atoms. The Morgan fingerprint density at radius 3 is 2.72 bits per heavy atom. The molecule has 4 aromatic rings. The SMILES string of the molecule is c1ccc(COc2ccccc2CCn2cnc(-c3cc(C4CNNN4)ccn3)c2)cc1. The van der Waals surface area contributed by atoms with E-state index in [9.17, 15) is 0 Å². The Kier molecular flexibility index (Phi) is 6.20. The van der Waals surface area contributed by atoms with E-state index in [-0.39, 0.29) is 6.04 Å². The molecule has 1 atom stereocenters. The van der Waals surface area contributed by atoms with E-state index >= 15 is 0 Å². The first kappa shape index (κ1) is 20.4. The molecular formula is C25H26N6O. The molecule has 162 valence electrons. The lowest BCUT2D eigenvalue weighted by molar-refractivity contribution is 0.302. The van der Waals surface area contributed by atoms with Crippen molar-refractivity contribution in [3.63, 3.8) is 0 Å². The maximum atomic E-state index is 6.10. The van der Waals surface area contributed by atoms with Crippen LogP contribution >= 0.6 is 0 Å². The van der Waals surface area contributed by atoms with Gasteiger partial charge >= 0.3 is 0 Å². The summed E-state index contributed by atoms with van der Waals surface area (Å²) in [5.74, 6) is 0.928. The zero-order chi connectivity index (χ0) is 21.6. The van der Waals surface area contributed by atoms with Crippen LogP contribution < -0.4 is 21.1 Å². The third-order valence-corrected chi connectivity index (χ3v) is 5.57. The molecule has 0 saturated carbocycles. The second kappa shape index (κ2) is 9.74. The average Bonchev–Trinajstić information content (AvgIpc) is 3.55. The Labute approximate surface area is 187 Å². The summed E-state index contributed by atoms with van der Waals surface area (Å²) in [7, 11) is 0. The van der Waals surface area contributed by atoms with Gasteiger partial charge in [0.25, 0.3) is 0 Å². The van der Waals surface area contributed by atoms with Crippen LogP contribution in [0.4, 0.5) is 0 Å². The van der Waals surface area contributed by atoms with E-state index in [2.05, 4.69) is 67.5 Å². The Hall–Kier alpha value is -3.52. The van der Waals surface area contributed by atoms with Crippen LogP contribution in [0.15, 0.2) is 85.5 Å². The molecule has 1 fully saturated rings. The van der Waals surface area contributed by atoms with E-state index < -0.39 is 0 Å². The number of nitrogens with zero attached hydrogens (tertiary/aromatic N) is 3. The highest BCUT2D eigenvalue weighted by Crippen LogP contribution is 2.22. The van der Waals surface area contributed by atoms with Gasteiger partial charge in [-0.3, -0.25) is 4.98 Å². The highest BCUT2D eigenvalue weighted by molar-refractivity contribution is 5.54. The second-order valence-corrected chi connectivity index (χ2v) is 7.81. The molecule has 1 aliphatic heterocycles. The number of imidazole rings is 1. The van der Waals surface area contributed by atoms with Crippen LogP contribution in [-0.4, -0.2) is 21.1 Å². The normalized spacial score (nSPS) is 15.7. The van der Waals surface area contributed by atoms with Crippen LogP contribution in [0.25, 0.3) is 11.4 Å². The minimum absolute atomic E-state index is 0.214. The summed E-state index contributed by atoms with van der Waals surface area (Å²) in [6.45, 7) is 2.20. The molecule has 1 saturated heterocycles. The summed E-state index contributed by atoms with van der Waals surface area (Å²) in [6, 6.07) is 22.8. The lowest BCUT2D eigenvalue weighted by Crippen LogP contribution is -2.30. The van der Waals surface area contributed by atoms with Gasteiger partial charge in [0.05, 0.1) is 18.1 Å². The minimum Gasteiger partial charge on any atom is -0.489 e. The molecule has 0 aliphatic carbocycles. The van der Waals surface area contributed by atoms with Crippen molar-refractivity contribution >= 4 is 0 Å². The third-order valence-electron chi connectivity index (χ3n) is 5.57. The molecule has 32 heavy (non-hydrogen) atoms. The number of hydrogen-bond acceptors (Lipinski definition) is 6. The third kappa shape index (κ3) is 4.86. The predicted molar refractivity (Wildman–Crippen MR) is 123 cm³/mol. The summed E-state index contributed by atoms with van der Waals surface area (Å²) in [5, 5.41) is 0. The van der Waals surface area contributed by atoms with Crippen molar-refractivity contribution < 1.29 is 4.74 Å². The van der Waals surface area contributed by atoms with Crippen molar-refractivity contribution in [1.82, 2.24) is 30.9 Å². The number of ether oxygens (including phenoxy) is 1. The molecule has 0 radical (unpaired) electrons. The molecule has 3 N–H and O–H groups in total. The Balaban J connectivity index is 1.24. The number of benzene rings is 2. The van der Waals surface area contributed by atoms with Crippen LogP contribution in [0.1, 0.15) is 22.7 Å². The van der Waals surface area contributed by atoms with Gasteiger partial charge in [0.15, 0.2) is 0 Å². The van der Waals surface area contributed by atoms with Crippen LogP contribution in [-0.2, 0) is 19.6 Å². The summed E-state index contributed by atoms with van der Waals surface area (Å²) in [6.07, 6.45) is 6.62. The monoisotopic (exact) mass is 426 g/mol. The molecule has 0 spiro atoms. The summed E-state index contributed by atoms with van der Waals surface area (Å²) in [5.41, 5.74) is 14.5. The molecule has 7 heteroatoms. The van der Waals surface area contributed by atoms with E-state index in [0.29, 0.717) is 6.61 Å². The molecule has 2 aromatic heterocycles. The number of nitrogens with one attached hydrogen (secondary N) is 3. The van der Waals surface area contributed by atoms with Crippen molar-refractivity contribution in [2.24, 2.45) is 0 Å². The highest BCUT2D eigenvalue weighted by Gasteiger charge is 2.16. The summed E-state index contributed by atoms with van der Waals surface area (Å²) in [4.78, 5) is 9.10. The maximum absolute atomic E-state index is 6.10. The lowest BCUT2D eigenvalue weighted by Gasteiger charge is -2.12.